The zero-order chi connectivity index (χ0) is 25.3. The molecule has 0 radical (unpaired) electrons. The van der Waals surface area contributed by atoms with Gasteiger partial charge in [0.25, 0.3) is 0 Å². The third-order valence-electron chi connectivity index (χ3n) is 5.27. The molecular weight excluding hydrogens is 456 g/mol. The van der Waals surface area contributed by atoms with E-state index in [1.54, 1.807) is 0 Å². The molecule has 1 saturated heterocycles. The average Bonchev–Trinajstić information content (AvgIpc) is 3.09. The third-order valence-corrected chi connectivity index (χ3v) is 5.27. The standard InChI is InChI=1S/C26H30O9/c1-18(27)32-17-26(16-30-14-21-10-6-4-7-11-21)24(31-15-22-12-8-5-9-13-22)23(33-19(2)28)25(35-26)34-20(3)29/h4-13,23-25H,14-17H2,1-3H3/t23-,24+,25?,26+/m1/s1. The Hall–Kier alpha value is -3.27. The molecule has 0 N–H and O–H groups in total. The number of esters is 3. The van der Waals surface area contributed by atoms with Crippen LogP contribution < -0.4 is 0 Å². The number of hydrogen-bond donors (Lipinski definition) is 0. The minimum atomic E-state index is -1.42. The Morgan fingerprint density at radius 1 is 0.771 bits per heavy atom. The molecule has 0 aliphatic carbocycles. The average molecular weight is 487 g/mol. The molecule has 9 nitrogen and oxygen atoms in total. The van der Waals surface area contributed by atoms with Gasteiger partial charge in [-0.1, -0.05) is 60.7 Å². The van der Waals surface area contributed by atoms with E-state index in [9.17, 15) is 14.4 Å². The monoisotopic (exact) mass is 486 g/mol. The summed E-state index contributed by atoms with van der Waals surface area (Å²) in [6, 6.07) is 18.8. The van der Waals surface area contributed by atoms with Gasteiger partial charge >= 0.3 is 17.9 Å². The van der Waals surface area contributed by atoms with Crippen molar-refractivity contribution in [3.63, 3.8) is 0 Å². The van der Waals surface area contributed by atoms with Gasteiger partial charge in [-0.3, -0.25) is 14.4 Å². The SMILES string of the molecule is CC(=O)OC[C@]1(COCc2ccccc2)OC(OC(C)=O)[C@H](OC(C)=O)[C@@H]1OCc1ccccc1. The summed E-state index contributed by atoms with van der Waals surface area (Å²) in [5, 5.41) is 0. The van der Waals surface area contributed by atoms with Gasteiger partial charge in [-0.15, -0.1) is 0 Å². The molecule has 0 spiro atoms. The number of carbonyl (C=O) groups is 3. The number of benzene rings is 2. The van der Waals surface area contributed by atoms with Crippen molar-refractivity contribution in [3.8, 4) is 0 Å². The molecule has 0 saturated carbocycles. The second kappa shape index (κ2) is 12.4. The van der Waals surface area contributed by atoms with E-state index < -0.39 is 42.0 Å². The Bertz CT molecular complexity index is 979. The van der Waals surface area contributed by atoms with Crippen molar-refractivity contribution >= 4 is 17.9 Å². The van der Waals surface area contributed by atoms with Crippen molar-refractivity contribution in [2.75, 3.05) is 13.2 Å². The highest BCUT2D eigenvalue weighted by atomic mass is 16.8. The van der Waals surface area contributed by atoms with E-state index in [0.717, 1.165) is 11.1 Å². The Morgan fingerprint density at radius 2 is 1.34 bits per heavy atom. The quantitative estimate of drug-likeness (QED) is 0.350. The Labute approximate surface area is 204 Å². The van der Waals surface area contributed by atoms with Crippen molar-refractivity contribution in [1.82, 2.24) is 0 Å². The van der Waals surface area contributed by atoms with Gasteiger partial charge in [0.15, 0.2) is 11.7 Å². The highest BCUT2D eigenvalue weighted by molar-refractivity contribution is 5.67. The predicted octanol–water partition coefficient (Wildman–Crippen LogP) is 2.94. The first-order chi connectivity index (χ1) is 16.8. The summed E-state index contributed by atoms with van der Waals surface area (Å²) in [6.07, 6.45) is -3.38. The maximum atomic E-state index is 11.9. The predicted molar refractivity (Wildman–Crippen MR) is 123 cm³/mol. The van der Waals surface area contributed by atoms with Crippen molar-refractivity contribution in [2.45, 2.75) is 58.1 Å². The normalized spacial score (nSPS) is 23.5. The number of hydrogen-bond acceptors (Lipinski definition) is 9. The van der Waals surface area contributed by atoms with Gasteiger partial charge in [0, 0.05) is 20.8 Å². The molecule has 9 heteroatoms. The fraction of sp³-hybridized carbons (Fsp3) is 0.423. The van der Waals surface area contributed by atoms with Crippen LogP contribution in [0.15, 0.2) is 60.7 Å². The lowest BCUT2D eigenvalue weighted by Crippen LogP contribution is -2.53. The maximum absolute atomic E-state index is 11.9. The molecule has 1 aliphatic rings. The van der Waals surface area contributed by atoms with Gasteiger partial charge in [0.2, 0.25) is 6.29 Å². The highest BCUT2D eigenvalue weighted by Gasteiger charge is 2.60. The number of rotatable bonds is 11. The van der Waals surface area contributed by atoms with Crippen molar-refractivity contribution in [3.05, 3.63) is 71.8 Å². The number of ether oxygens (including phenoxy) is 6. The fourth-order valence-electron chi connectivity index (χ4n) is 3.79. The molecule has 0 bridgehead atoms. The molecule has 1 heterocycles. The molecular formula is C26H30O9. The van der Waals surface area contributed by atoms with Crippen LogP contribution in [0.1, 0.15) is 31.9 Å². The van der Waals surface area contributed by atoms with Crippen molar-refractivity contribution in [2.24, 2.45) is 0 Å². The van der Waals surface area contributed by atoms with E-state index >= 15 is 0 Å². The maximum Gasteiger partial charge on any atom is 0.305 e. The van der Waals surface area contributed by atoms with Crippen LogP contribution in [0.3, 0.4) is 0 Å². The van der Waals surface area contributed by atoms with Crippen LogP contribution in [0, 0.1) is 0 Å². The van der Waals surface area contributed by atoms with E-state index in [1.165, 1.54) is 20.8 Å². The second-order valence-corrected chi connectivity index (χ2v) is 8.21. The lowest BCUT2D eigenvalue weighted by Gasteiger charge is -2.33. The fourth-order valence-corrected chi connectivity index (χ4v) is 3.79. The molecule has 2 aromatic carbocycles. The molecule has 1 unspecified atom stereocenters. The molecule has 1 fully saturated rings. The Balaban J connectivity index is 1.91. The first-order valence-electron chi connectivity index (χ1n) is 11.2. The van der Waals surface area contributed by atoms with E-state index in [-0.39, 0.29) is 26.4 Å². The van der Waals surface area contributed by atoms with Crippen molar-refractivity contribution < 1.29 is 42.8 Å². The molecule has 1 aliphatic heterocycles. The van der Waals surface area contributed by atoms with Crippen LogP contribution in [-0.4, -0.2) is 55.2 Å². The second-order valence-electron chi connectivity index (χ2n) is 8.21. The topological polar surface area (TPSA) is 107 Å². The molecule has 3 rings (SSSR count). The molecule has 4 atom stereocenters. The molecule has 35 heavy (non-hydrogen) atoms. The smallest absolute Gasteiger partial charge is 0.305 e. The van der Waals surface area contributed by atoms with Crippen LogP contribution in [-0.2, 0) is 56.0 Å². The van der Waals surface area contributed by atoms with Crippen LogP contribution in [0.2, 0.25) is 0 Å². The summed E-state index contributed by atoms with van der Waals surface area (Å²) in [5.41, 5.74) is 0.356. The first-order valence-corrected chi connectivity index (χ1v) is 11.2. The molecule has 2 aromatic rings. The molecule has 0 amide bonds. The Morgan fingerprint density at radius 3 is 1.89 bits per heavy atom. The van der Waals surface area contributed by atoms with Gasteiger partial charge in [-0.25, -0.2) is 0 Å². The summed E-state index contributed by atoms with van der Waals surface area (Å²) < 4.78 is 34.4. The summed E-state index contributed by atoms with van der Waals surface area (Å²) in [6.45, 7) is 3.73. The van der Waals surface area contributed by atoms with Crippen molar-refractivity contribution in [1.29, 1.82) is 0 Å². The minimum absolute atomic E-state index is 0.0931. The van der Waals surface area contributed by atoms with Gasteiger partial charge in [-0.2, -0.15) is 0 Å². The van der Waals surface area contributed by atoms with Gasteiger partial charge < -0.3 is 28.4 Å². The lowest BCUT2D eigenvalue weighted by atomic mass is 9.96. The largest absolute Gasteiger partial charge is 0.463 e. The van der Waals surface area contributed by atoms with Crippen LogP contribution >= 0.6 is 0 Å². The van der Waals surface area contributed by atoms with E-state index in [2.05, 4.69) is 0 Å². The van der Waals surface area contributed by atoms with Crippen LogP contribution in [0.5, 0.6) is 0 Å². The van der Waals surface area contributed by atoms with Crippen LogP contribution in [0.25, 0.3) is 0 Å². The zero-order valence-electron chi connectivity index (χ0n) is 20.0. The van der Waals surface area contributed by atoms with Gasteiger partial charge in [-0.05, 0) is 11.1 Å². The zero-order valence-corrected chi connectivity index (χ0v) is 20.0. The molecule has 0 aromatic heterocycles. The molecule has 188 valence electrons. The van der Waals surface area contributed by atoms with Gasteiger partial charge in [0.05, 0.1) is 19.8 Å². The highest BCUT2D eigenvalue weighted by Crippen LogP contribution is 2.38. The summed E-state index contributed by atoms with van der Waals surface area (Å²) >= 11 is 0. The third kappa shape index (κ3) is 7.61. The van der Waals surface area contributed by atoms with E-state index in [4.69, 9.17) is 28.4 Å². The van der Waals surface area contributed by atoms with Gasteiger partial charge in [0.1, 0.15) is 12.7 Å². The summed E-state index contributed by atoms with van der Waals surface area (Å²) in [7, 11) is 0. The number of carbonyl (C=O) groups excluding carboxylic acids is 3. The van der Waals surface area contributed by atoms with E-state index in [1.807, 2.05) is 60.7 Å². The summed E-state index contributed by atoms with van der Waals surface area (Å²) in [4.78, 5) is 35.4. The van der Waals surface area contributed by atoms with Crippen LogP contribution in [0.4, 0.5) is 0 Å². The Kier molecular flexibility index (Phi) is 9.36. The lowest BCUT2D eigenvalue weighted by molar-refractivity contribution is -0.222. The van der Waals surface area contributed by atoms with E-state index in [0.29, 0.717) is 0 Å². The minimum Gasteiger partial charge on any atom is -0.463 e. The summed E-state index contributed by atoms with van der Waals surface area (Å²) in [5.74, 6) is -1.79. The first kappa shape index (κ1) is 26.3.